The summed E-state index contributed by atoms with van der Waals surface area (Å²) in [6.07, 6.45) is 1.67. The van der Waals surface area contributed by atoms with Gasteiger partial charge in [0.2, 0.25) is 0 Å². The molecule has 1 aromatic heterocycles. The second kappa shape index (κ2) is 6.04. The van der Waals surface area contributed by atoms with Crippen LogP contribution in [-0.2, 0) is 0 Å². The van der Waals surface area contributed by atoms with Crippen LogP contribution in [-0.4, -0.2) is 28.2 Å². The van der Waals surface area contributed by atoms with Crippen molar-refractivity contribution in [3.05, 3.63) is 48.3 Å². The van der Waals surface area contributed by atoms with Crippen LogP contribution in [0, 0.1) is 0 Å². The molecule has 0 amide bonds. The molecule has 0 aliphatic heterocycles. The summed E-state index contributed by atoms with van der Waals surface area (Å²) in [4.78, 5) is 13.6. The quantitative estimate of drug-likeness (QED) is 0.647. The van der Waals surface area contributed by atoms with E-state index >= 15 is 0 Å². The van der Waals surface area contributed by atoms with Crippen LogP contribution in [0.2, 0.25) is 17.3 Å². The molecule has 0 saturated carbocycles. The van der Waals surface area contributed by atoms with E-state index in [9.17, 15) is 0 Å². The third-order valence-electron chi connectivity index (χ3n) is 4.02. The topological polar surface area (TPSA) is 38.7 Å². The summed E-state index contributed by atoms with van der Waals surface area (Å²) in [5.74, 6) is 8.17. The molecule has 0 aliphatic rings. The van der Waals surface area contributed by atoms with Crippen molar-refractivity contribution in [3.8, 4) is 11.4 Å². The van der Waals surface area contributed by atoms with Crippen molar-refractivity contribution in [2.75, 3.05) is 0 Å². The molecule has 3 nitrogen and oxygen atoms in total. The summed E-state index contributed by atoms with van der Waals surface area (Å²) in [6.45, 7) is 4.46. The Balaban J connectivity index is 2.21. The monoisotopic (exact) mass is 367 g/mol. The molecule has 4 heteroatoms. The van der Waals surface area contributed by atoms with E-state index in [0.29, 0.717) is 5.92 Å². The summed E-state index contributed by atoms with van der Waals surface area (Å²) in [7, 11) is 0. The maximum absolute atomic E-state index is 4.78. The van der Waals surface area contributed by atoms with Gasteiger partial charge in [-0.1, -0.05) is 0 Å². The summed E-state index contributed by atoms with van der Waals surface area (Å²) < 4.78 is 1.01. The molecule has 23 heavy (non-hydrogen) atoms. The van der Waals surface area contributed by atoms with Crippen molar-refractivity contribution < 1.29 is 0 Å². The first-order valence-electron chi connectivity index (χ1n) is 8.09. The predicted octanol–water partition coefficient (Wildman–Crippen LogP) is 4.36. The van der Waals surface area contributed by atoms with Gasteiger partial charge in [0.05, 0.1) is 0 Å². The molecular formula is C19H23GeN3. The summed E-state index contributed by atoms with van der Waals surface area (Å²) in [5.41, 5.74) is 2.43. The Bertz CT molecular complexity index is 851. The van der Waals surface area contributed by atoms with Crippen LogP contribution in [0.3, 0.4) is 0 Å². The third kappa shape index (κ3) is 3.30. The number of aromatic nitrogens is 3. The van der Waals surface area contributed by atoms with E-state index in [1.165, 1.54) is 16.3 Å². The van der Waals surface area contributed by atoms with Gasteiger partial charge in [-0.05, 0) is 0 Å². The SMILES string of the molecule is CC(C)c1cc(-c2ncn[c]([Ge]([CH3])([CH3])[CH3])n2)cc2ccccc12. The molecule has 0 spiro atoms. The molecule has 0 saturated heterocycles. The van der Waals surface area contributed by atoms with E-state index in [0.717, 1.165) is 16.0 Å². The molecule has 118 valence electrons. The molecule has 0 radical (unpaired) electrons. The molecular weight excluding hydrogens is 343 g/mol. The second-order valence-electron chi connectivity index (χ2n) is 7.32. The number of nitrogens with zero attached hydrogens (tertiary/aromatic N) is 3. The zero-order valence-corrected chi connectivity index (χ0v) is 16.6. The van der Waals surface area contributed by atoms with Crippen LogP contribution in [0.4, 0.5) is 0 Å². The van der Waals surface area contributed by atoms with Gasteiger partial charge in [-0.25, -0.2) is 0 Å². The van der Waals surface area contributed by atoms with Crippen LogP contribution >= 0.6 is 0 Å². The van der Waals surface area contributed by atoms with Gasteiger partial charge in [-0.15, -0.1) is 0 Å². The Morgan fingerprint density at radius 1 is 0.957 bits per heavy atom. The third-order valence-corrected chi connectivity index (χ3v) is 7.34. The number of rotatable bonds is 3. The van der Waals surface area contributed by atoms with Crippen molar-refractivity contribution in [1.82, 2.24) is 15.0 Å². The number of hydrogen-bond donors (Lipinski definition) is 0. The number of fused-ring (bicyclic) bond motifs is 1. The molecule has 1 heterocycles. The Morgan fingerprint density at radius 2 is 1.70 bits per heavy atom. The van der Waals surface area contributed by atoms with Crippen molar-refractivity contribution >= 4 is 28.7 Å². The van der Waals surface area contributed by atoms with Crippen LogP contribution in [0.15, 0.2) is 42.7 Å². The van der Waals surface area contributed by atoms with Crippen LogP contribution in [0.25, 0.3) is 22.2 Å². The predicted molar refractivity (Wildman–Crippen MR) is 99.8 cm³/mol. The molecule has 0 fully saturated rings. The van der Waals surface area contributed by atoms with Crippen molar-refractivity contribution in [3.63, 3.8) is 0 Å². The number of hydrogen-bond acceptors (Lipinski definition) is 3. The first kappa shape index (κ1) is 16.1. The van der Waals surface area contributed by atoms with Gasteiger partial charge in [-0.3, -0.25) is 0 Å². The van der Waals surface area contributed by atoms with Crippen LogP contribution in [0.1, 0.15) is 25.3 Å². The Morgan fingerprint density at radius 3 is 2.39 bits per heavy atom. The molecule has 0 aliphatic carbocycles. The fourth-order valence-electron chi connectivity index (χ4n) is 2.74. The molecule has 3 rings (SSSR count). The van der Waals surface area contributed by atoms with E-state index in [4.69, 9.17) is 4.98 Å². The standard InChI is InChI=1S/C19H23GeN3/c1-13(2)17-11-15(10-14-8-6-7-9-16(14)17)18-21-12-22-19(23-18)20(3,4)5/h6-13H,1-5H3. The van der Waals surface area contributed by atoms with Gasteiger partial charge in [-0.2, -0.15) is 0 Å². The second-order valence-corrected chi connectivity index (χ2v) is 17.7. The normalized spacial score (nSPS) is 12.1. The maximum atomic E-state index is 4.78. The first-order valence-corrected chi connectivity index (χ1v) is 15.4. The van der Waals surface area contributed by atoms with E-state index in [1.807, 2.05) is 0 Å². The minimum absolute atomic E-state index is 0.460. The summed E-state index contributed by atoms with van der Waals surface area (Å²) in [6, 6.07) is 13.0. The van der Waals surface area contributed by atoms with Crippen LogP contribution in [0.5, 0.6) is 0 Å². The molecule has 3 aromatic rings. The first-order chi connectivity index (χ1) is 10.9. The van der Waals surface area contributed by atoms with Gasteiger partial charge in [0.1, 0.15) is 0 Å². The van der Waals surface area contributed by atoms with E-state index in [1.54, 1.807) is 6.33 Å². The van der Waals surface area contributed by atoms with Crippen molar-refractivity contribution in [2.45, 2.75) is 37.0 Å². The van der Waals surface area contributed by atoms with E-state index in [2.05, 4.69) is 77.5 Å². The van der Waals surface area contributed by atoms with Gasteiger partial charge < -0.3 is 0 Å². The van der Waals surface area contributed by atoms with Gasteiger partial charge in [0, 0.05) is 0 Å². The van der Waals surface area contributed by atoms with Crippen molar-refractivity contribution in [2.24, 2.45) is 0 Å². The summed E-state index contributed by atoms with van der Waals surface area (Å²) in [5, 5.41) is 2.56. The fourth-order valence-corrected chi connectivity index (χ4v) is 4.60. The van der Waals surface area contributed by atoms with Crippen molar-refractivity contribution in [1.29, 1.82) is 0 Å². The Labute approximate surface area is 140 Å². The number of benzene rings is 2. The molecule has 0 N–H and O–H groups in total. The zero-order valence-electron chi connectivity index (χ0n) is 14.5. The molecule has 0 atom stereocenters. The van der Waals surface area contributed by atoms with Gasteiger partial charge in [0.25, 0.3) is 0 Å². The fraction of sp³-hybridized carbons (Fsp3) is 0.316. The molecule has 2 aromatic carbocycles. The van der Waals surface area contributed by atoms with E-state index < -0.39 is 13.3 Å². The molecule has 0 bridgehead atoms. The van der Waals surface area contributed by atoms with Gasteiger partial charge >= 0.3 is 140 Å². The summed E-state index contributed by atoms with van der Waals surface area (Å²) >= 11 is -2.06. The minimum atomic E-state index is -2.06. The van der Waals surface area contributed by atoms with E-state index in [-0.39, 0.29) is 0 Å². The molecule has 0 unspecified atom stereocenters. The Hall–Kier alpha value is -1.75. The average molecular weight is 366 g/mol. The Kier molecular flexibility index (Phi) is 4.23. The zero-order chi connectivity index (χ0) is 16.6. The van der Waals surface area contributed by atoms with Gasteiger partial charge in [0.15, 0.2) is 0 Å². The van der Waals surface area contributed by atoms with Crippen LogP contribution < -0.4 is 4.66 Å². The average Bonchev–Trinajstić information content (AvgIpc) is 2.53.